The van der Waals surface area contributed by atoms with Gasteiger partial charge in [-0.25, -0.2) is 0 Å². The van der Waals surface area contributed by atoms with Crippen molar-refractivity contribution in [2.75, 3.05) is 13.7 Å². The van der Waals surface area contributed by atoms with Crippen LogP contribution >= 0.6 is 0 Å². The summed E-state index contributed by atoms with van der Waals surface area (Å²) in [6.45, 7) is 1.00. The third kappa shape index (κ3) is 3.98. The lowest BCUT2D eigenvalue weighted by Crippen LogP contribution is -2.75. The maximum atomic E-state index is 9.50. The van der Waals surface area contributed by atoms with E-state index in [1.54, 1.807) is 24.4 Å². The highest BCUT2D eigenvalue weighted by Gasteiger charge is 2.08. The molecule has 0 amide bonds. The molecule has 0 spiro atoms. The minimum absolute atomic E-state index is 0.132. The molecule has 19 heavy (non-hydrogen) atoms. The second kappa shape index (κ2) is 6.78. The Morgan fingerprint density at radius 2 is 2.26 bits per heavy atom. The molecule has 1 heterocycles. The van der Waals surface area contributed by atoms with Crippen molar-refractivity contribution in [3.05, 3.63) is 23.8 Å². The van der Waals surface area contributed by atoms with Crippen LogP contribution in [0.25, 0.3) is 0 Å². The molecular formula is C14H20N3O2+. The third-order valence-corrected chi connectivity index (χ3v) is 3.06. The van der Waals surface area contributed by atoms with Crippen LogP contribution in [0.15, 0.2) is 23.3 Å². The van der Waals surface area contributed by atoms with E-state index in [-0.39, 0.29) is 5.75 Å². The number of amidine groups is 1. The van der Waals surface area contributed by atoms with Gasteiger partial charge in [0.25, 0.3) is 5.84 Å². The monoisotopic (exact) mass is 262 g/mol. The Kier molecular flexibility index (Phi) is 4.78. The number of phenolic OH excluding ortho intramolecular Hbond substituents is 1. The average Bonchev–Trinajstić information content (AvgIpc) is 2.69. The molecule has 0 aromatic heterocycles. The first kappa shape index (κ1) is 13.4. The van der Waals surface area contributed by atoms with Gasteiger partial charge in [0, 0.05) is 5.56 Å². The first-order chi connectivity index (χ1) is 9.29. The summed E-state index contributed by atoms with van der Waals surface area (Å²) in [5, 5.41) is 13.7. The average molecular weight is 262 g/mol. The second-order valence-electron chi connectivity index (χ2n) is 4.52. The zero-order valence-corrected chi connectivity index (χ0v) is 11.1. The molecule has 0 unspecified atom stereocenters. The molecule has 2 rings (SSSR count). The van der Waals surface area contributed by atoms with Gasteiger partial charge in [-0.3, -0.25) is 4.99 Å². The number of hydrogen-bond donors (Lipinski definition) is 3. The Labute approximate surface area is 113 Å². The molecule has 1 aromatic carbocycles. The number of nitrogens with zero attached hydrogens (tertiary/aromatic N) is 1. The zero-order chi connectivity index (χ0) is 13.5. The van der Waals surface area contributed by atoms with E-state index in [4.69, 9.17) is 4.74 Å². The van der Waals surface area contributed by atoms with Crippen LogP contribution in [0.4, 0.5) is 0 Å². The molecule has 1 aliphatic heterocycles. The maximum absolute atomic E-state index is 9.50. The van der Waals surface area contributed by atoms with Crippen molar-refractivity contribution >= 4 is 12.1 Å². The number of hydrazone groups is 1. The van der Waals surface area contributed by atoms with E-state index in [1.807, 2.05) is 0 Å². The highest BCUT2D eigenvalue weighted by Crippen LogP contribution is 2.25. The molecule has 0 atom stereocenters. The summed E-state index contributed by atoms with van der Waals surface area (Å²) in [5.41, 5.74) is 3.91. The van der Waals surface area contributed by atoms with Crippen LogP contribution in [0.2, 0.25) is 0 Å². The fourth-order valence-corrected chi connectivity index (χ4v) is 1.99. The van der Waals surface area contributed by atoms with Crippen molar-refractivity contribution < 1.29 is 14.8 Å². The van der Waals surface area contributed by atoms with Gasteiger partial charge in [-0.2, -0.15) is 5.43 Å². The summed E-state index contributed by atoms with van der Waals surface area (Å²) in [6.07, 6.45) is 6.39. The van der Waals surface area contributed by atoms with Crippen LogP contribution < -0.4 is 15.2 Å². The minimum Gasteiger partial charge on any atom is -0.504 e. The number of methoxy groups -OCH3 is 1. The Morgan fingerprint density at radius 1 is 1.37 bits per heavy atom. The molecule has 0 saturated carbocycles. The predicted octanol–water partition coefficient (Wildman–Crippen LogP) is 0.377. The van der Waals surface area contributed by atoms with E-state index in [9.17, 15) is 5.11 Å². The van der Waals surface area contributed by atoms with Crippen LogP contribution in [-0.2, 0) is 0 Å². The summed E-state index contributed by atoms with van der Waals surface area (Å²) in [7, 11) is 1.53. The number of hydrogen-bond acceptors (Lipinski definition) is 4. The summed E-state index contributed by atoms with van der Waals surface area (Å²) < 4.78 is 5.05. The molecule has 3 N–H and O–H groups in total. The summed E-state index contributed by atoms with van der Waals surface area (Å²) in [4.78, 5) is 3.33. The van der Waals surface area contributed by atoms with Crippen molar-refractivity contribution in [2.45, 2.75) is 25.7 Å². The SMILES string of the molecule is COc1cc(C=NNC2=[NH+]CCCCC2)ccc1O. The molecule has 1 aromatic rings. The minimum atomic E-state index is 0.132. The Hall–Kier alpha value is -2.04. The number of nitrogens with one attached hydrogen (secondary N) is 2. The summed E-state index contributed by atoms with van der Waals surface area (Å²) >= 11 is 0. The smallest absolute Gasteiger partial charge is 0.267 e. The lowest BCUT2D eigenvalue weighted by Gasteiger charge is -2.02. The lowest BCUT2D eigenvalue weighted by molar-refractivity contribution is -0.459. The van der Waals surface area contributed by atoms with Crippen LogP contribution in [0.5, 0.6) is 11.5 Å². The molecule has 102 valence electrons. The molecule has 0 fully saturated rings. The van der Waals surface area contributed by atoms with E-state index >= 15 is 0 Å². The lowest BCUT2D eigenvalue weighted by atomic mass is 10.2. The van der Waals surface area contributed by atoms with E-state index in [0.717, 1.165) is 24.4 Å². The first-order valence-corrected chi connectivity index (χ1v) is 6.55. The quantitative estimate of drug-likeness (QED) is 0.545. The Morgan fingerprint density at radius 3 is 3.11 bits per heavy atom. The largest absolute Gasteiger partial charge is 0.504 e. The van der Waals surface area contributed by atoms with Gasteiger partial charge in [0.2, 0.25) is 0 Å². The van der Waals surface area contributed by atoms with E-state index < -0.39 is 0 Å². The van der Waals surface area contributed by atoms with Gasteiger partial charge in [-0.1, -0.05) is 5.10 Å². The Bertz CT molecular complexity index is 484. The molecule has 0 radical (unpaired) electrons. The molecule has 0 aliphatic carbocycles. The molecule has 0 saturated heterocycles. The van der Waals surface area contributed by atoms with E-state index in [1.165, 1.54) is 26.4 Å². The molecule has 5 nitrogen and oxygen atoms in total. The molecule has 5 heteroatoms. The van der Waals surface area contributed by atoms with Gasteiger partial charge in [0.05, 0.1) is 26.3 Å². The van der Waals surface area contributed by atoms with Gasteiger partial charge >= 0.3 is 0 Å². The fourth-order valence-electron chi connectivity index (χ4n) is 1.99. The number of phenols is 1. The van der Waals surface area contributed by atoms with Crippen molar-refractivity contribution in [3.8, 4) is 11.5 Å². The van der Waals surface area contributed by atoms with Crippen LogP contribution in [0.3, 0.4) is 0 Å². The second-order valence-corrected chi connectivity index (χ2v) is 4.52. The van der Waals surface area contributed by atoms with Crippen molar-refractivity contribution in [3.63, 3.8) is 0 Å². The van der Waals surface area contributed by atoms with Crippen LogP contribution in [-0.4, -0.2) is 30.8 Å². The maximum Gasteiger partial charge on any atom is 0.267 e. The van der Waals surface area contributed by atoms with Crippen LogP contribution in [0, 0.1) is 0 Å². The first-order valence-electron chi connectivity index (χ1n) is 6.55. The van der Waals surface area contributed by atoms with Gasteiger partial charge in [0.15, 0.2) is 11.5 Å². The molecule has 1 aliphatic rings. The number of rotatable bonds is 3. The fraction of sp³-hybridized carbons (Fsp3) is 0.429. The standard InChI is InChI=1S/C14H19N3O2/c1-19-13-9-11(6-7-12(13)18)10-16-17-14-5-3-2-4-8-15-14/h6-7,9-10,18H,2-5,8H2,1H3,(H,15,17)/p+1. The van der Waals surface area contributed by atoms with Gasteiger partial charge < -0.3 is 9.84 Å². The topological polar surface area (TPSA) is 67.8 Å². The van der Waals surface area contributed by atoms with Gasteiger partial charge in [-0.15, -0.1) is 0 Å². The van der Waals surface area contributed by atoms with E-state index in [0.29, 0.717) is 5.75 Å². The van der Waals surface area contributed by atoms with Crippen molar-refractivity contribution in [1.82, 2.24) is 5.43 Å². The van der Waals surface area contributed by atoms with Crippen molar-refractivity contribution in [1.29, 1.82) is 0 Å². The number of ether oxygens (including phenoxy) is 1. The van der Waals surface area contributed by atoms with E-state index in [2.05, 4.69) is 15.5 Å². The third-order valence-electron chi connectivity index (χ3n) is 3.06. The highest BCUT2D eigenvalue weighted by molar-refractivity contribution is 5.83. The Balaban J connectivity index is 1.96. The molecular weight excluding hydrogens is 242 g/mol. The summed E-state index contributed by atoms with van der Waals surface area (Å²) in [6, 6.07) is 5.12. The van der Waals surface area contributed by atoms with Gasteiger partial charge in [0.1, 0.15) is 0 Å². The van der Waals surface area contributed by atoms with Crippen molar-refractivity contribution in [2.24, 2.45) is 5.10 Å². The number of benzene rings is 1. The van der Waals surface area contributed by atoms with Crippen LogP contribution in [0.1, 0.15) is 31.2 Å². The normalized spacial score (nSPS) is 15.9. The highest BCUT2D eigenvalue weighted by atomic mass is 16.5. The number of aromatic hydroxyl groups is 1. The summed E-state index contributed by atoms with van der Waals surface area (Å²) in [5.74, 6) is 1.65. The molecule has 0 bridgehead atoms. The predicted molar refractivity (Wildman–Crippen MR) is 74.7 cm³/mol. The van der Waals surface area contributed by atoms with Gasteiger partial charge in [-0.05, 0) is 37.5 Å². The zero-order valence-electron chi connectivity index (χ0n) is 11.1.